The highest BCUT2D eigenvalue weighted by Gasteiger charge is 2.46. The van der Waals surface area contributed by atoms with Crippen molar-refractivity contribution in [3.05, 3.63) is 70.0 Å². The van der Waals surface area contributed by atoms with Crippen molar-refractivity contribution < 1.29 is 18.0 Å². The van der Waals surface area contributed by atoms with Gasteiger partial charge in [0.15, 0.2) is 11.7 Å². The van der Waals surface area contributed by atoms with Crippen LogP contribution in [0.4, 0.5) is 24.8 Å². The first kappa shape index (κ1) is 20.4. The molecule has 156 valence electrons. The summed E-state index contributed by atoms with van der Waals surface area (Å²) < 4.78 is 43.0. The number of carbonyl (C=O) groups excluding carboxylic acids is 1. The molecule has 0 unspecified atom stereocenters. The molecule has 1 aromatic carbocycles. The predicted octanol–water partition coefficient (Wildman–Crippen LogP) is 5.26. The monoisotopic (exact) mass is 479 g/mol. The fourth-order valence-electron chi connectivity index (χ4n) is 3.39. The molecule has 1 aliphatic rings. The van der Waals surface area contributed by atoms with Crippen LogP contribution in [0.1, 0.15) is 40.3 Å². The fraction of sp³-hybridized carbons (Fsp3) is 0.250. The summed E-state index contributed by atoms with van der Waals surface area (Å²) >= 11 is 3.33. The van der Waals surface area contributed by atoms with Crippen LogP contribution in [0.15, 0.2) is 53.0 Å². The summed E-state index contributed by atoms with van der Waals surface area (Å²) in [6.45, 7) is 1.77. The van der Waals surface area contributed by atoms with Gasteiger partial charge in [0.25, 0.3) is 5.91 Å². The molecule has 0 fully saturated rings. The Balaban J connectivity index is 1.64. The second-order valence-electron chi connectivity index (χ2n) is 7.02. The summed E-state index contributed by atoms with van der Waals surface area (Å²) in [5, 5.41) is 9.59. The van der Waals surface area contributed by atoms with E-state index in [2.05, 4.69) is 36.6 Å². The molecule has 3 aromatic rings. The van der Waals surface area contributed by atoms with Gasteiger partial charge in [-0.05, 0) is 36.8 Å². The number of anilines is 2. The van der Waals surface area contributed by atoms with Crippen LogP contribution in [-0.4, -0.2) is 26.8 Å². The van der Waals surface area contributed by atoms with Gasteiger partial charge in [0.05, 0.1) is 6.04 Å². The molecule has 1 aliphatic heterocycles. The molecule has 0 radical (unpaired) electrons. The zero-order chi connectivity index (χ0) is 21.5. The van der Waals surface area contributed by atoms with E-state index in [9.17, 15) is 18.0 Å². The standard InChI is InChI=1S/C20H17BrF3N5O/c1-11-3-2-4-17(25-11)27-19(30)15-10-18-26-14(12-5-7-13(21)8-6-12)9-16(20(22,23)24)29(18)28-15/h2-8,10,14,16,26H,9H2,1H3,(H,25,27,30)/t14-,16+/m0/s1. The van der Waals surface area contributed by atoms with E-state index >= 15 is 0 Å². The molecule has 0 aliphatic carbocycles. The van der Waals surface area contributed by atoms with Gasteiger partial charge in [-0.15, -0.1) is 0 Å². The van der Waals surface area contributed by atoms with Crippen molar-refractivity contribution in [2.24, 2.45) is 0 Å². The Labute approximate surface area is 178 Å². The zero-order valence-corrected chi connectivity index (χ0v) is 17.3. The fourth-order valence-corrected chi connectivity index (χ4v) is 3.66. The smallest absolute Gasteiger partial charge is 0.363 e. The van der Waals surface area contributed by atoms with Gasteiger partial charge in [-0.1, -0.05) is 34.1 Å². The minimum Gasteiger partial charge on any atom is -0.363 e. The number of carbonyl (C=O) groups is 1. The molecule has 2 N–H and O–H groups in total. The molecule has 0 bridgehead atoms. The quantitative estimate of drug-likeness (QED) is 0.537. The number of nitrogens with one attached hydrogen (secondary N) is 2. The lowest BCUT2D eigenvalue weighted by molar-refractivity contribution is -0.173. The van der Waals surface area contributed by atoms with E-state index < -0.39 is 24.2 Å². The van der Waals surface area contributed by atoms with Crippen LogP contribution in [-0.2, 0) is 0 Å². The first-order valence-electron chi connectivity index (χ1n) is 9.14. The van der Waals surface area contributed by atoms with Crippen LogP contribution in [0.3, 0.4) is 0 Å². The Morgan fingerprint density at radius 2 is 1.97 bits per heavy atom. The highest BCUT2D eigenvalue weighted by Crippen LogP contribution is 2.43. The van der Waals surface area contributed by atoms with Crippen molar-refractivity contribution >= 4 is 33.5 Å². The third-order valence-corrected chi connectivity index (χ3v) is 5.35. The second-order valence-corrected chi connectivity index (χ2v) is 7.93. The van der Waals surface area contributed by atoms with E-state index in [1.165, 1.54) is 6.07 Å². The molecule has 3 heterocycles. The first-order valence-corrected chi connectivity index (χ1v) is 9.93. The van der Waals surface area contributed by atoms with E-state index in [1.54, 1.807) is 49.4 Å². The zero-order valence-electron chi connectivity index (χ0n) is 15.7. The number of rotatable bonds is 3. The largest absolute Gasteiger partial charge is 0.410 e. The van der Waals surface area contributed by atoms with Crippen molar-refractivity contribution in [1.82, 2.24) is 14.8 Å². The molecule has 1 amide bonds. The molecule has 6 nitrogen and oxygen atoms in total. The van der Waals surface area contributed by atoms with Gasteiger partial charge in [0.1, 0.15) is 11.6 Å². The summed E-state index contributed by atoms with van der Waals surface area (Å²) in [6.07, 6.45) is -4.75. The molecule has 2 aromatic heterocycles. The number of benzene rings is 1. The maximum absolute atomic E-state index is 13.8. The van der Waals surface area contributed by atoms with Crippen LogP contribution >= 0.6 is 15.9 Å². The number of aryl methyl sites for hydroxylation is 1. The third kappa shape index (κ3) is 4.18. The van der Waals surface area contributed by atoms with Gasteiger partial charge >= 0.3 is 6.18 Å². The average molecular weight is 480 g/mol. The summed E-state index contributed by atoms with van der Waals surface area (Å²) in [5.41, 5.74) is 1.30. The van der Waals surface area contributed by atoms with Crippen molar-refractivity contribution in [3.8, 4) is 0 Å². The molecule has 0 saturated carbocycles. The molecule has 10 heteroatoms. The molecule has 0 spiro atoms. The highest BCUT2D eigenvalue weighted by atomic mass is 79.9. The van der Waals surface area contributed by atoms with Crippen LogP contribution in [0.25, 0.3) is 0 Å². The Hall–Kier alpha value is -2.88. The third-order valence-electron chi connectivity index (χ3n) is 4.82. The lowest BCUT2D eigenvalue weighted by atomic mass is 9.97. The molecular weight excluding hydrogens is 463 g/mol. The van der Waals surface area contributed by atoms with Crippen LogP contribution < -0.4 is 10.6 Å². The molecule has 0 saturated heterocycles. The van der Waals surface area contributed by atoms with E-state index in [1.807, 2.05) is 0 Å². The average Bonchev–Trinajstić information content (AvgIpc) is 3.11. The van der Waals surface area contributed by atoms with Crippen molar-refractivity contribution in [2.75, 3.05) is 10.6 Å². The summed E-state index contributed by atoms with van der Waals surface area (Å²) in [7, 11) is 0. The van der Waals surface area contributed by atoms with Gasteiger partial charge in [-0.3, -0.25) is 4.79 Å². The van der Waals surface area contributed by atoms with Crippen LogP contribution in [0.5, 0.6) is 0 Å². The number of hydrogen-bond donors (Lipinski definition) is 2. The van der Waals surface area contributed by atoms with Gasteiger partial charge in [-0.25, -0.2) is 9.67 Å². The summed E-state index contributed by atoms with van der Waals surface area (Å²) in [5.74, 6) is -0.184. The van der Waals surface area contributed by atoms with Gasteiger partial charge in [0, 0.05) is 22.7 Å². The van der Waals surface area contributed by atoms with Crippen molar-refractivity contribution in [2.45, 2.75) is 31.6 Å². The number of amides is 1. The maximum Gasteiger partial charge on any atom is 0.410 e. The predicted molar refractivity (Wildman–Crippen MR) is 109 cm³/mol. The highest BCUT2D eigenvalue weighted by molar-refractivity contribution is 9.10. The lowest BCUT2D eigenvalue weighted by Gasteiger charge is -2.33. The number of aromatic nitrogens is 3. The molecule has 4 rings (SSSR count). The Morgan fingerprint density at radius 3 is 2.63 bits per heavy atom. The van der Waals surface area contributed by atoms with Gasteiger partial charge < -0.3 is 10.6 Å². The van der Waals surface area contributed by atoms with Gasteiger partial charge in [0.2, 0.25) is 0 Å². The normalized spacial score (nSPS) is 18.4. The molecule has 30 heavy (non-hydrogen) atoms. The topological polar surface area (TPSA) is 71.8 Å². The number of nitrogens with zero attached hydrogens (tertiary/aromatic N) is 3. The molecular formula is C20H17BrF3N5O. The Morgan fingerprint density at radius 1 is 1.23 bits per heavy atom. The minimum atomic E-state index is -4.51. The van der Waals surface area contributed by atoms with Crippen molar-refractivity contribution in [3.63, 3.8) is 0 Å². The van der Waals surface area contributed by atoms with E-state index in [4.69, 9.17) is 0 Å². The van der Waals surface area contributed by atoms with Crippen LogP contribution in [0.2, 0.25) is 0 Å². The summed E-state index contributed by atoms with van der Waals surface area (Å²) in [4.78, 5) is 16.7. The number of halogens is 4. The van der Waals surface area contributed by atoms with E-state index in [0.717, 1.165) is 14.7 Å². The van der Waals surface area contributed by atoms with Gasteiger partial charge in [-0.2, -0.15) is 18.3 Å². The second kappa shape index (κ2) is 7.75. The number of hydrogen-bond acceptors (Lipinski definition) is 4. The molecule has 2 atom stereocenters. The number of alkyl halides is 3. The number of pyridine rings is 1. The minimum absolute atomic E-state index is 0.119. The SMILES string of the molecule is Cc1cccc(NC(=O)c2cc3n(n2)[C@@H](C(F)(F)F)C[C@@H](c2ccc(Br)cc2)N3)n1. The van der Waals surface area contributed by atoms with E-state index in [0.29, 0.717) is 11.5 Å². The van der Waals surface area contributed by atoms with E-state index in [-0.39, 0.29) is 17.9 Å². The summed E-state index contributed by atoms with van der Waals surface area (Å²) in [6, 6.07) is 11.1. The lowest BCUT2D eigenvalue weighted by Crippen LogP contribution is -2.35. The Bertz CT molecular complexity index is 1080. The number of fused-ring (bicyclic) bond motifs is 1. The first-order chi connectivity index (χ1) is 14.2. The maximum atomic E-state index is 13.8. The van der Waals surface area contributed by atoms with Crippen LogP contribution in [0, 0.1) is 6.92 Å². The Kier molecular flexibility index (Phi) is 5.27. The van der Waals surface area contributed by atoms with Crippen molar-refractivity contribution in [1.29, 1.82) is 0 Å².